The molecule has 3 heterocycles. The lowest BCUT2D eigenvalue weighted by molar-refractivity contribution is 0.140. The van der Waals surface area contributed by atoms with Crippen LogP contribution in [0.25, 0.3) is 0 Å². The Morgan fingerprint density at radius 2 is 2.09 bits per heavy atom. The van der Waals surface area contributed by atoms with E-state index in [4.69, 9.17) is 0 Å². The van der Waals surface area contributed by atoms with Crippen LogP contribution < -0.4 is 0 Å². The summed E-state index contributed by atoms with van der Waals surface area (Å²) in [5.41, 5.74) is 0.966. The molecule has 0 spiro atoms. The van der Waals surface area contributed by atoms with Gasteiger partial charge in [0, 0.05) is 53.9 Å². The first-order valence-electron chi connectivity index (χ1n) is 8.33. The van der Waals surface area contributed by atoms with Crippen LogP contribution in [0, 0.1) is 11.8 Å². The van der Waals surface area contributed by atoms with E-state index in [1.165, 1.54) is 9.75 Å². The summed E-state index contributed by atoms with van der Waals surface area (Å²) in [6.45, 7) is 7.13. The molecule has 1 aliphatic rings. The maximum atomic E-state index is 10.3. The molecule has 2 aromatic rings. The molecule has 1 aliphatic heterocycles. The van der Waals surface area contributed by atoms with Gasteiger partial charge in [0.15, 0.2) is 0 Å². The van der Waals surface area contributed by atoms with Crippen molar-refractivity contribution in [3.63, 3.8) is 0 Å². The quantitative estimate of drug-likeness (QED) is 0.884. The molecule has 0 aliphatic carbocycles. The molecule has 5 heteroatoms. The molecule has 0 radical (unpaired) electrons. The summed E-state index contributed by atoms with van der Waals surface area (Å²) in [6, 6.07) is 4.49. The second-order valence-corrected chi connectivity index (χ2v) is 8.14. The Balaban J connectivity index is 1.55. The number of rotatable bonds is 6. The van der Waals surface area contributed by atoms with Gasteiger partial charge in [0.25, 0.3) is 0 Å². The van der Waals surface area contributed by atoms with E-state index >= 15 is 0 Å². The van der Waals surface area contributed by atoms with Crippen molar-refractivity contribution < 1.29 is 5.11 Å². The minimum absolute atomic E-state index is 0.252. The Bertz CT molecular complexity index is 614. The summed E-state index contributed by atoms with van der Waals surface area (Å²) < 4.78 is 0. The van der Waals surface area contributed by atoms with Crippen molar-refractivity contribution in [2.75, 3.05) is 13.1 Å². The standard InChI is InChI=1S/C18H25N3OS/c1-13(2)7-16-3-4-17(23-16)11-21-10-14(18(22)12-21)8-15-9-19-5-6-20-15/h3-6,9,13-14,18,22H,7-8,10-12H2,1-2H3/t14-,18-/m1/s1. The largest absolute Gasteiger partial charge is 0.391 e. The third-order valence-corrected chi connectivity index (χ3v) is 5.37. The van der Waals surface area contributed by atoms with Crippen LogP contribution in [0.3, 0.4) is 0 Å². The molecule has 0 amide bonds. The lowest BCUT2D eigenvalue weighted by Gasteiger charge is -2.14. The van der Waals surface area contributed by atoms with E-state index in [9.17, 15) is 5.11 Å². The van der Waals surface area contributed by atoms with Gasteiger partial charge in [-0.3, -0.25) is 14.9 Å². The molecule has 0 aromatic carbocycles. The highest BCUT2D eigenvalue weighted by Gasteiger charge is 2.31. The number of β-amino-alcohol motifs (C(OH)–C–C–N with tert-alkyl or cyclic N) is 1. The van der Waals surface area contributed by atoms with Crippen LogP contribution in [0.5, 0.6) is 0 Å². The zero-order valence-corrected chi connectivity index (χ0v) is 14.7. The Labute approximate surface area is 142 Å². The predicted octanol–water partition coefficient (Wildman–Crippen LogP) is 2.77. The maximum Gasteiger partial charge on any atom is 0.0711 e. The minimum Gasteiger partial charge on any atom is -0.391 e. The molecular weight excluding hydrogens is 306 g/mol. The topological polar surface area (TPSA) is 49.2 Å². The molecule has 2 aromatic heterocycles. The van der Waals surface area contributed by atoms with Crippen molar-refractivity contribution in [3.05, 3.63) is 46.2 Å². The molecule has 1 saturated heterocycles. The van der Waals surface area contributed by atoms with Crippen LogP contribution in [0.4, 0.5) is 0 Å². The number of thiophene rings is 1. The second-order valence-electron chi connectivity index (χ2n) is 6.89. The van der Waals surface area contributed by atoms with Gasteiger partial charge in [0.1, 0.15) is 0 Å². The Morgan fingerprint density at radius 1 is 1.26 bits per heavy atom. The fourth-order valence-corrected chi connectivity index (χ4v) is 4.49. The zero-order valence-electron chi connectivity index (χ0n) is 13.9. The highest BCUT2D eigenvalue weighted by atomic mass is 32.1. The number of aliphatic hydroxyl groups is 1. The van der Waals surface area contributed by atoms with Gasteiger partial charge in [0.2, 0.25) is 0 Å². The van der Waals surface area contributed by atoms with Crippen LogP contribution in [-0.2, 0) is 19.4 Å². The average Bonchev–Trinajstić information content (AvgIpc) is 3.07. The van der Waals surface area contributed by atoms with Gasteiger partial charge in [-0.1, -0.05) is 13.8 Å². The molecule has 1 N–H and O–H groups in total. The fraction of sp³-hybridized carbons (Fsp3) is 0.556. The number of likely N-dealkylation sites (tertiary alicyclic amines) is 1. The summed E-state index contributed by atoms with van der Waals surface area (Å²) in [5.74, 6) is 0.952. The first-order chi connectivity index (χ1) is 11.1. The van der Waals surface area contributed by atoms with Gasteiger partial charge in [-0.25, -0.2) is 0 Å². The number of nitrogens with zero attached hydrogens (tertiary/aromatic N) is 3. The van der Waals surface area contributed by atoms with Crippen LogP contribution >= 0.6 is 11.3 Å². The van der Waals surface area contributed by atoms with Crippen molar-refractivity contribution in [2.45, 2.75) is 39.3 Å². The van der Waals surface area contributed by atoms with Gasteiger partial charge in [-0.2, -0.15) is 0 Å². The van der Waals surface area contributed by atoms with Gasteiger partial charge in [-0.05, 0) is 30.9 Å². The van der Waals surface area contributed by atoms with Crippen molar-refractivity contribution in [1.29, 1.82) is 0 Å². The zero-order chi connectivity index (χ0) is 16.2. The monoisotopic (exact) mass is 331 g/mol. The first-order valence-corrected chi connectivity index (χ1v) is 9.14. The normalized spacial score (nSPS) is 22.1. The molecule has 2 atom stereocenters. The van der Waals surface area contributed by atoms with Crippen LogP contribution in [0.2, 0.25) is 0 Å². The lowest BCUT2D eigenvalue weighted by Crippen LogP contribution is -2.20. The molecule has 1 fully saturated rings. The fourth-order valence-electron chi connectivity index (χ4n) is 3.21. The molecule has 4 nitrogen and oxygen atoms in total. The van der Waals surface area contributed by atoms with Gasteiger partial charge < -0.3 is 5.11 Å². The third-order valence-electron chi connectivity index (χ3n) is 4.28. The van der Waals surface area contributed by atoms with Crippen LogP contribution in [0.1, 0.15) is 29.3 Å². The van der Waals surface area contributed by atoms with Crippen molar-refractivity contribution in [2.24, 2.45) is 11.8 Å². The summed E-state index contributed by atoms with van der Waals surface area (Å²) in [7, 11) is 0. The van der Waals surface area contributed by atoms with E-state index < -0.39 is 0 Å². The number of hydrogen-bond acceptors (Lipinski definition) is 5. The molecule has 0 bridgehead atoms. The summed E-state index contributed by atoms with van der Waals surface area (Å²) in [4.78, 5) is 13.7. The highest BCUT2D eigenvalue weighted by Crippen LogP contribution is 2.26. The van der Waals surface area contributed by atoms with E-state index in [2.05, 4.69) is 40.8 Å². The molecule has 0 unspecified atom stereocenters. The second kappa shape index (κ2) is 7.51. The first kappa shape index (κ1) is 16.6. The third kappa shape index (κ3) is 4.59. The van der Waals surface area contributed by atoms with Gasteiger partial charge in [0.05, 0.1) is 11.8 Å². The summed E-state index contributed by atoms with van der Waals surface area (Å²) >= 11 is 1.91. The Hall–Kier alpha value is -1.30. The van der Waals surface area contributed by atoms with Crippen LogP contribution in [0.15, 0.2) is 30.7 Å². The average molecular weight is 331 g/mol. The van der Waals surface area contributed by atoms with E-state index in [-0.39, 0.29) is 12.0 Å². The van der Waals surface area contributed by atoms with Gasteiger partial charge >= 0.3 is 0 Å². The number of aliphatic hydroxyl groups excluding tert-OH is 1. The number of hydrogen-bond donors (Lipinski definition) is 1. The molecule has 124 valence electrons. The van der Waals surface area contributed by atoms with Crippen molar-refractivity contribution in [1.82, 2.24) is 14.9 Å². The maximum absolute atomic E-state index is 10.3. The van der Waals surface area contributed by atoms with E-state index in [1.807, 2.05) is 11.3 Å². The minimum atomic E-state index is -0.271. The summed E-state index contributed by atoms with van der Waals surface area (Å²) in [5, 5.41) is 10.3. The highest BCUT2D eigenvalue weighted by molar-refractivity contribution is 7.11. The number of aromatic nitrogens is 2. The SMILES string of the molecule is CC(C)Cc1ccc(CN2C[C@@H](Cc3cnccn3)[C@H](O)C2)s1. The smallest absolute Gasteiger partial charge is 0.0711 e. The van der Waals surface area contributed by atoms with E-state index in [0.717, 1.165) is 38.2 Å². The van der Waals surface area contributed by atoms with Gasteiger partial charge in [-0.15, -0.1) is 11.3 Å². The van der Waals surface area contributed by atoms with Crippen molar-refractivity contribution in [3.8, 4) is 0 Å². The predicted molar refractivity (Wildman–Crippen MR) is 93.4 cm³/mol. The molecular formula is C18H25N3OS. The van der Waals surface area contributed by atoms with Crippen molar-refractivity contribution >= 4 is 11.3 Å². The van der Waals surface area contributed by atoms with E-state index in [1.54, 1.807) is 18.6 Å². The van der Waals surface area contributed by atoms with Crippen LogP contribution in [-0.4, -0.2) is 39.2 Å². The Kier molecular flexibility index (Phi) is 5.41. The Morgan fingerprint density at radius 3 is 2.83 bits per heavy atom. The molecule has 23 heavy (non-hydrogen) atoms. The lowest BCUT2D eigenvalue weighted by atomic mass is 10.0. The van der Waals surface area contributed by atoms with E-state index in [0.29, 0.717) is 5.92 Å². The summed E-state index contributed by atoms with van der Waals surface area (Å²) in [6.07, 6.45) is 6.89. The molecule has 3 rings (SSSR count). The molecule has 0 saturated carbocycles.